The lowest BCUT2D eigenvalue weighted by Gasteiger charge is -2.06. The lowest BCUT2D eigenvalue weighted by Crippen LogP contribution is -2.15. The van der Waals surface area contributed by atoms with Gasteiger partial charge < -0.3 is 20.1 Å². The van der Waals surface area contributed by atoms with Gasteiger partial charge in [-0.25, -0.2) is 4.79 Å². The smallest absolute Gasteiger partial charge is 0.356 e. The van der Waals surface area contributed by atoms with Crippen molar-refractivity contribution in [2.24, 2.45) is 0 Å². The first-order valence-corrected chi connectivity index (χ1v) is 6.34. The van der Waals surface area contributed by atoms with Crippen LogP contribution in [0.25, 0.3) is 0 Å². The molecule has 1 aromatic carbocycles. The molecule has 0 aliphatic rings. The number of ether oxygens (including phenoxy) is 1. The number of hydrogen-bond acceptors (Lipinski definition) is 4. The maximum absolute atomic E-state index is 12.2. The summed E-state index contributed by atoms with van der Waals surface area (Å²) in [6.45, 7) is 1.63. The van der Waals surface area contributed by atoms with Gasteiger partial charge in [0.05, 0.1) is 19.4 Å². The molecule has 0 atom stereocenters. The average Bonchev–Trinajstić information content (AvgIpc) is 2.87. The Morgan fingerprint density at radius 1 is 1.33 bits per heavy atom. The van der Waals surface area contributed by atoms with Crippen molar-refractivity contribution in [3.63, 3.8) is 0 Å². The minimum Gasteiger partial charge on any atom is -0.464 e. The van der Waals surface area contributed by atoms with E-state index in [4.69, 9.17) is 5.11 Å². The maximum atomic E-state index is 12.2. The minimum atomic E-state index is -0.553. The number of aryl methyl sites for hydroxylation is 1. The number of amides is 1. The van der Waals surface area contributed by atoms with Crippen LogP contribution in [-0.2, 0) is 11.3 Å². The van der Waals surface area contributed by atoms with Gasteiger partial charge in [-0.15, -0.1) is 0 Å². The molecular formula is C15H16N2O4. The fourth-order valence-corrected chi connectivity index (χ4v) is 1.96. The number of rotatable bonds is 4. The normalized spacial score (nSPS) is 10.2. The minimum absolute atomic E-state index is 0.141. The molecule has 2 aromatic rings. The van der Waals surface area contributed by atoms with Gasteiger partial charge in [-0.2, -0.15) is 0 Å². The van der Waals surface area contributed by atoms with Crippen molar-refractivity contribution in [1.29, 1.82) is 0 Å². The van der Waals surface area contributed by atoms with Gasteiger partial charge in [0.1, 0.15) is 5.69 Å². The molecule has 0 fully saturated rings. The quantitative estimate of drug-likeness (QED) is 0.749. The van der Waals surface area contributed by atoms with E-state index in [2.05, 4.69) is 15.0 Å². The summed E-state index contributed by atoms with van der Waals surface area (Å²) in [6.07, 6.45) is 0. The Labute approximate surface area is 121 Å². The van der Waals surface area contributed by atoms with Gasteiger partial charge in [-0.3, -0.25) is 4.79 Å². The number of aromatic nitrogens is 1. The Hall–Kier alpha value is -2.60. The molecule has 6 heteroatoms. The number of benzene rings is 1. The van der Waals surface area contributed by atoms with E-state index in [0.29, 0.717) is 16.8 Å². The maximum Gasteiger partial charge on any atom is 0.356 e. The molecule has 21 heavy (non-hydrogen) atoms. The molecule has 0 aliphatic heterocycles. The summed E-state index contributed by atoms with van der Waals surface area (Å²) < 4.78 is 4.66. The second-order valence-corrected chi connectivity index (χ2v) is 4.55. The van der Waals surface area contributed by atoms with Crippen molar-refractivity contribution in [1.82, 2.24) is 4.98 Å². The molecule has 3 N–H and O–H groups in total. The molecule has 2 rings (SSSR count). The van der Waals surface area contributed by atoms with Crippen molar-refractivity contribution in [2.75, 3.05) is 12.4 Å². The summed E-state index contributed by atoms with van der Waals surface area (Å²) in [5, 5.41) is 11.7. The molecule has 6 nitrogen and oxygen atoms in total. The molecule has 0 aliphatic carbocycles. The van der Waals surface area contributed by atoms with Gasteiger partial charge in [0.2, 0.25) is 0 Å². The van der Waals surface area contributed by atoms with Crippen molar-refractivity contribution in [3.05, 3.63) is 52.8 Å². The highest BCUT2D eigenvalue weighted by molar-refractivity contribution is 6.07. The van der Waals surface area contributed by atoms with Crippen molar-refractivity contribution < 1.29 is 19.4 Å². The zero-order chi connectivity index (χ0) is 15.4. The van der Waals surface area contributed by atoms with Gasteiger partial charge in [-0.05, 0) is 30.7 Å². The highest BCUT2D eigenvalue weighted by atomic mass is 16.5. The summed E-state index contributed by atoms with van der Waals surface area (Å²) in [5.74, 6) is -0.919. The van der Waals surface area contributed by atoms with Gasteiger partial charge >= 0.3 is 5.97 Å². The molecular weight excluding hydrogens is 272 g/mol. The van der Waals surface area contributed by atoms with Crippen LogP contribution < -0.4 is 5.32 Å². The zero-order valence-corrected chi connectivity index (χ0v) is 11.8. The molecule has 0 radical (unpaired) electrons. The van der Waals surface area contributed by atoms with E-state index in [1.54, 1.807) is 37.3 Å². The summed E-state index contributed by atoms with van der Waals surface area (Å²) in [4.78, 5) is 26.7. The second kappa shape index (κ2) is 6.23. The van der Waals surface area contributed by atoms with Crippen LogP contribution in [0.4, 0.5) is 5.69 Å². The predicted molar refractivity (Wildman–Crippen MR) is 77.2 cm³/mol. The Morgan fingerprint density at radius 3 is 2.76 bits per heavy atom. The standard InChI is InChI=1S/C15H16N2O4/c1-9-6-12(13(16-9)15(20)21-2)17-14(19)11-5-3-4-10(7-11)8-18/h3-7,16,18H,8H2,1-2H3,(H,17,19). The highest BCUT2D eigenvalue weighted by Gasteiger charge is 2.17. The SMILES string of the molecule is COC(=O)c1[nH]c(C)cc1NC(=O)c1cccc(CO)c1. The number of H-pyrrole nitrogens is 1. The number of anilines is 1. The number of nitrogens with one attached hydrogen (secondary N) is 2. The monoisotopic (exact) mass is 288 g/mol. The fourth-order valence-electron chi connectivity index (χ4n) is 1.96. The summed E-state index contributed by atoms with van der Waals surface area (Å²) in [6, 6.07) is 8.28. The van der Waals surface area contributed by atoms with Crippen LogP contribution in [0, 0.1) is 6.92 Å². The third-order valence-corrected chi connectivity index (χ3v) is 2.96. The number of aliphatic hydroxyl groups excluding tert-OH is 1. The first-order chi connectivity index (χ1) is 10.0. The lowest BCUT2D eigenvalue weighted by molar-refractivity contribution is 0.0596. The molecule has 110 valence electrons. The number of methoxy groups -OCH3 is 1. The van der Waals surface area contributed by atoms with E-state index in [0.717, 1.165) is 5.69 Å². The number of esters is 1. The molecule has 0 spiro atoms. The molecule has 0 unspecified atom stereocenters. The van der Waals surface area contributed by atoms with E-state index in [9.17, 15) is 9.59 Å². The fraction of sp³-hybridized carbons (Fsp3) is 0.200. The summed E-state index contributed by atoms with van der Waals surface area (Å²) in [7, 11) is 1.27. The average molecular weight is 288 g/mol. The Kier molecular flexibility index (Phi) is 4.39. The molecule has 1 amide bonds. The Balaban J connectivity index is 2.25. The van der Waals surface area contributed by atoms with Crippen molar-refractivity contribution in [3.8, 4) is 0 Å². The zero-order valence-electron chi connectivity index (χ0n) is 11.8. The lowest BCUT2D eigenvalue weighted by atomic mass is 10.1. The van der Waals surface area contributed by atoms with Crippen molar-refractivity contribution >= 4 is 17.6 Å². The van der Waals surface area contributed by atoms with E-state index < -0.39 is 5.97 Å². The Morgan fingerprint density at radius 2 is 2.10 bits per heavy atom. The third-order valence-electron chi connectivity index (χ3n) is 2.96. The van der Waals surface area contributed by atoms with Crippen molar-refractivity contribution in [2.45, 2.75) is 13.5 Å². The van der Waals surface area contributed by atoms with Gasteiger partial charge in [0, 0.05) is 11.3 Å². The van der Waals surface area contributed by atoms with Gasteiger partial charge in [0.15, 0.2) is 0 Å². The molecule has 0 bridgehead atoms. The van der Waals surface area contributed by atoms with E-state index in [-0.39, 0.29) is 18.2 Å². The van der Waals surface area contributed by atoms with Crippen LogP contribution in [0.5, 0.6) is 0 Å². The third kappa shape index (κ3) is 3.29. The topological polar surface area (TPSA) is 91.4 Å². The first-order valence-electron chi connectivity index (χ1n) is 6.34. The number of hydrogen-bond donors (Lipinski definition) is 3. The highest BCUT2D eigenvalue weighted by Crippen LogP contribution is 2.19. The van der Waals surface area contributed by atoms with Crippen LogP contribution in [-0.4, -0.2) is 29.1 Å². The van der Waals surface area contributed by atoms with E-state index in [1.807, 2.05) is 0 Å². The predicted octanol–water partition coefficient (Wildman–Crippen LogP) is 1.85. The van der Waals surface area contributed by atoms with E-state index in [1.165, 1.54) is 7.11 Å². The van der Waals surface area contributed by atoms with Gasteiger partial charge in [0.25, 0.3) is 5.91 Å². The van der Waals surface area contributed by atoms with E-state index >= 15 is 0 Å². The van der Waals surface area contributed by atoms with Crippen LogP contribution in [0.2, 0.25) is 0 Å². The summed E-state index contributed by atoms with van der Waals surface area (Å²) in [5.41, 5.74) is 2.33. The van der Waals surface area contributed by atoms with Crippen LogP contribution in [0.3, 0.4) is 0 Å². The first kappa shape index (κ1) is 14.8. The van der Waals surface area contributed by atoms with Gasteiger partial charge in [-0.1, -0.05) is 12.1 Å². The Bertz CT molecular complexity index is 676. The van der Waals surface area contributed by atoms with Crippen LogP contribution in [0.15, 0.2) is 30.3 Å². The second-order valence-electron chi connectivity index (χ2n) is 4.55. The molecule has 1 aromatic heterocycles. The molecule has 0 saturated heterocycles. The van der Waals surface area contributed by atoms with Crippen LogP contribution in [0.1, 0.15) is 32.1 Å². The van der Waals surface area contributed by atoms with Crippen LogP contribution >= 0.6 is 0 Å². The largest absolute Gasteiger partial charge is 0.464 e. The number of carbonyl (C=O) groups is 2. The molecule has 1 heterocycles. The number of aliphatic hydroxyl groups is 1. The molecule has 0 saturated carbocycles. The number of carbonyl (C=O) groups excluding carboxylic acids is 2. The number of aromatic amines is 1. The summed E-state index contributed by atoms with van der Waals surface area (Å²) >= 11 is 0.